The van der Waals surface area contributed by atoms with Crippen LogP contribution >= 0.6 is 0 Å². The molecule has 0 saturated heterocycles. The van der Waals surface area contributed by atoms with E-state index >= 15 is 0 Å². The third-order valence-corrected chi connectivity index (χ3v) is 3.54. The second-order valence-corrected chi connectivity index (χ2v) is 5.32. The highest BCUT2D eigenvalue weighted by atomic mass is 16.4. The summed E-state index contributed by atoms with van der Waals surface area (Å²) in [5.74, 6) is 0.896. The molecule has 2 atom stereocenters. The number of aliphatic carboxylic acids is 1. The molecule has 0 radical (unpaired) electrons. The van der Waals surface area contributed by atoms with Gasteiger partial charge < -0.3 is 10.4 Å². The van der Waals surface area contributed by atoms with E-state index in [0.29, 0.717) is 13.0 Å². The van der Waals surface area contributed by atoms with Crippen LogP contribution in [-0.2, 0) is 17.6 Å². The van der Waals surface area contributed by atoms with Gasteiger partial charge in [-0.05, 0) is 26.8 Å². The Morgan fingerprint density at radius 2 is 2.05 bits per heavy atom. The molecular formula is C14H26N4O2. The van der Waals surface area contributed by atoms with Crippen molar-refractivity contribution in [1.82, 2.24) is 20.1 Å². The van der Waals surface area contributed by atoms with E-state index in [1.54, 1.807) is 6.92 Å². The summed E-state index contributed by atoms with van der Waals surface area (Å²) in [5, 5.41) is 17.0. The molecule has 0 fully saturated rings. The van der Waals surface area contributed by atoms with E-state index in [4.69, 9.17) is 0 Å². The van der Waals surface area contributed by atoms with Crippen LogP contribution in [0.5, 0.6) is 0 Å². The molecule has 1 heterocycles. The van der Waals surface area contributed by atoms with Gasteiger partial charge in [0.05, 0.1) is 6.04 Å². The van der Waals surface area contributed by atoms with Gasteiger partial charge in [-0.3, -0.25) is 4.79 Å². The molecule has 0 aromatic carbocycles. The number of nitrogens with zero attached hydrogens (tertiary/aromatic N) is 3. The Bertz CT molecular complexity index is 458. The zero-order chi connectivity index (χ0) is 15.3. The Balaban J connectivity index is 2.96. The summed E-state index contributed by atoms with van der Waals surface area (Å²) in [6.07, 6.45) is 2.05. The monoisotopic (exact) mass is 282 g/mol. The summed E-state index contributed by atoms with van der Waals surface area (Å²) < 4.78 is 1.87. The molecule has 0 aliphatic heterocycles. The third kappa shape index (κ3) is 3.56. The fourth-order valence-electron chi connectivity index (χ4n) is 2.45. The maximum atomic E-state index is 11.5. The quantitative estimate of drug-likeness (QED) is 0.760. The number of hydrogen-bond donors (Lipinski definition) is 2. The summed E-state index contributed by atoms with van der Waals surface area (Å²) in [5.41, 5.74) is -0.947. The van der Waals surface area contributed by atoms with Gasteiger partial charge in [-0.15, -0.1) is 0 Å². The summed E-state index contributed by atoms with van der Waals surface area (Å²) >= 11 is 0. The first-order valence-corrected chi connectivity index (χ1v) is 7.30. The number of carboxylic acid groups (broad SMARTS) is 1. The molecule has 0 amide bonds. The smallest absolute Gasteiger partial charge is 0.323 e. The van der Waals surface area contributed by atoms with Crippen molar-refractivity contribution in [2.45, 2.75) is 65.5 Å². The molecule has 114 valence electrons. The van der Waals surface area contributed by atoms with Crippen molar-refractivity contribution in [1.29, 1.82) is 0 Å². The van der Waals surface area contributed by atoms with Gasteiger partial charge in [0.2, 0.25) is 0 Å². The lowest BCUT2D eigenvalue weighted by Crippen LogP contribution is -2.50. The summed E-state index contributed by atoms with van der Waals surface area (Å²) in [7, 11) is 0. The van der Waals surface area contributed by atoms with E-state index in [0.717, 1.165) is 24.5 Å². The molecular weight excluding hydrogens is 256 g/mol. The van der Waals surface area contributed by atoms with Gasteiger partial charge in [-0.2, -0.15) is 5.10 Å². The van der Waals surface area contributed by atoms with Gasteiger partial charge in [0.15, 0.2) is 5.82 Å². The van der Waals surface area contributed by atoms with E-state index in [9.17, 15) is 9.90 Å². The summed E-state index contributed by atoms with van der Waals surface area (Å²) in [6.45, 7) is 10.3. The van der Waals surface area contributed by atoms with Crippen molar-refractivity contribution >= 4 is 5.97 Å². The summed E-state index contributed by atoms with van der Waals surface area (Å²) in [4.78, 5) is 16.0. The van der Waals surface area contributed by atoms with Crippen molar-refractivity contribution in [3.8, 4) is 0 Å². The number of carboxylic acids is 1. The van der Waals surface area contributed by atoms with Crippen LogP contribution < -0.4 is 5.32 Å². The minimum atomic E-state index is -0.947. The molecule has 20 heavy (non-hydrogen) atoms. The molecule has 0 aliphatic rings. The molecule has 0 bridgehead atoms. The van der Waals surface area contributed by atoms with Crippen molar-refractivity contribution in [2.75, 3.05) is 6.54 Å². The average molecular weight is 282 g/mol. The zero-order valence-electron chi connectivity index (χ0n) is 13.1. The second-order valence-electron chi connectivity index (χ2n) is 5.32. The van der Waals surface area contributed by atoms with Gasteiger partial charge in [0.25, 0.3) is 0 Å². The van der Waals surface area contributed by atoms with Crippen LogP contribution in [-0.4, -0.2) is 37.9 Å². The molecule has 1 aromatic rings. The largest absolute Gasteiger partial charge is 0.480 e. The topological polar surface area (TPSA) is 80.0 Å². The molecule has 0 spiro atoms. The fraction of sp³-hybridized carbons (Fsp3) is 0.786. The Hall–Kier alpha value is -1.43. The number of hydrogen-bond acceptors (Lipinski definition) is 4. The lowest BCUT2D eigenvalue weighted by molar-refractivity contribution is -0.144. The first-order valence-electron chi connectivity index (χ1n) is 7.30. The number of likely N-dealkylation sites (N-methyl/N-ethyl adjacent to an activating group) is 1. The van der Waals surface area contributed by atoms with Crippen LogP contribution in [0.15, 0.2) is 0 Å². The number of rotatable bonds is 8. The lowest BCUT2D eigenvalue weighted by atomic mass is 9.93. The molecule has 6 heteroatoms. The molecule has 2 unspecified atom stereocenters. The van der Waals surface area contributed by atoms with Crippen molar-refractivity contribution < 1.29 is 9.90 Å². The van der Waals surface area contributed by atoms with Crippen LogP contribution in [0.1, 0.15) is 58.7 Å². The average Bonchev–Trinajstić information content (AvgIpc) is 2.82. The van der Waals surface area contributed by atoms with Gasteiger partial charge >= 0.3 is 5.97 Å². The predicted molar refractivity (Wildman–Crippen MR) is 77.8 cm³/mol. The van der Waals surface area contributed by atoms with Gasteiger partial charge in [0.1, 0.15) is 11.4 Å². The normalized spacial score (nSPS) is 15.8. The van der Waals surface area contributed by atoms with Gasteiger partial charge in [0, 0.05) is 12.8 Å². The minimum absolute atomic E-state index is 0.0158. The Kier molecular flexibility index (Phi) is 5.68. The van der Waals surface area contributed by atoms with E-state index in [2.05, 4.69) is 15.4 Å². The number of aromatic nitrogens is 3. The van der Waals surface area contributed by atoms with E-state index in [1.165, 1.54) is 0 Å². The highest BCUT2D eigenvalue weighted by molar-refractivity contribution is 5.78. The Labute approximate surface area is 120 Å². The van der Waals surface area contributed by atoms with Crippen LogP contribution in [0.2, 0.25) is 0 Å². The van der Waals surface area contributed by atoms with E-state index in [-0.39, 0.29) is 6.04 Å². The number of nitrogens with one attached hydrogen (secondary N) is 1. The molecule has 1 rings (SSSR count). The number of aryl methyl sites for hydroxylation is 2. The number of carbonyl (C=O) groups is 1. The lowest BCUT2D eigenvalue weighted by Gasteiger charge is -2.29. The highest BCUT2D eigenvalue weighted by Crippen LogP contribution is 2.22. The van der Waals surface area contributed by atoms with Crippen LogP contribution in [0, 0.1) is 0 Å². The highest BCUT2D eigenvalue weighted by Gasteiger charge is 2.34. The van der Waals surface area contributed by atoms with Crippen LogP contribution in [0.25, 0.3) is 0 Å². The molecule has 1 aromatic heterocycles. The predicted octanol–water partition coefficient (Wildman–Crippen LogP) is 1.81. The third-order valence-electron chi connectivity index (χ3n) is 3.54. The van der Waals surface area contributed by atoms with Crippen LogP contribution in [0.3, 0.4) is 0 Å². The van der Waals surface area contributed by atoms with E-state index in [1.807, 2.05) is 32.4 Å². The molecule has 0 aliphatic carbocycles. The molecule has 6 nitrogen and oxygen atoms in total. The van der Waals surface area contributed by atoms with Gasteiger partial charge in [-0.25, -0.2) is 9.67 Å². The first-order chi connectivity index (χ1) is 9.37. The van der Waals surface area contributed by atoms with Gasteiger partial charge in [-0.1, -0.05) is 20.8 Å². The zero-order valence-corrected chi connectivity index (χ0v) is 13.1. The summed E-state index contributed by atoms with van der Waals surface area (Å²) in [6, 6.07) is -0.0158. The maximum Gasteiger partial charge on any atom is 0.323 e. The van der Waals surface area contributed by atoms with Crippen LogP contribution in [0.4, 0.5) is 0 Å². The first kappa shape index (κ1) is 16.6. The standard InChI is InChI=1S/C14H26N4O2/c1-6-11-16-12(7-2)18(17-11)10(4)9-14(5,13(19)20)15-8-3/h10,15H,6-9H2,1-5H3,(H,19,20). The fourth-order valence-corrected chi connectivity index (χ4v) is 2.45. The SMILES string of the molecule is CCNC(C)(CC(C)n1nc(CC)nc1CC)C(=O)O. The Morgan fingerprint density at radius 1 is 1.40 bits per heavy atom. The second kappa shape index (κ2) is 6.83. The maximum absolute atomic E-state index is 11.5. The molecule has 0 saturated carbocycles. The van der Waals surface area contributed by atoms with E-state index < -0.39 is 11.5 Å². The van der Waals surface area contributed by atoms with Crippen molar-refractivity contribution in [2.24, 2.45) is 0 Å². The minimum Gasteiger partial charge on any atom is -0.480 e. The Morgan fingerprint density at radius 3 is 2.50 bits per heavy atom. The van der Waals surface area contributed by atoms with Crippen molar-refractivity contribution in [3.05, 3.63) is 11.6 Å². The molecule has 2 N–H and O–H groups in total. The van der Waals surface area contributed by atoms with Crippen molar-refractivity contribution in [3.63, 3.8) is 0 Å².